The molecule has 1 N–H and O–H groups in total. The van der Waals surface area contributed by atoms with Crippen LogP contribution in [0.15, 0.2) is 82.8 Å². The smallest absolute Gasteiger partial charge is 0.339 e. The number of para-hydroxylation sites is 1. The number of benzene rings is 2. The Bertz CT molecular complexity index is 1470. The maximum Gasteiger partial charge on any atom is 0.339 e. The summed E-state index contributed by atoms with van der Waals surface area (Å²) >= 11 is 1.31. The molecular weight excluding hydrogens is 450 g/mol. The third-order valence-corrected chi connectivity index (χ3v) is 5.90. The maximum atomic E-state index is 12.9. The molecule has 0 unspecified atom stereocenters. The second kappa shape index (κ2) is 9.29. The zero-order valence-corrected chi connectivity index (χ0v) is 19.0. The minimum atomic E-state index is -0.624. The van der Waals surface area contributed by atoms with Gasteiger partial charge in [0.25, 0.3) is 5.91 Å². The first-order valence-electron chi connectivity index (χ1n) is 10.5. The molecule has 0 fully saturated rings. The van der Waals surface area contributed by atoms with Crippen molar-refractivity contribution in [2.75, 3.05) is 11.9 Å². The molecule has 1 amide bonds. The number of carbonyl (C=O) groups is 2. The van der Waals surface area contributed by atoms with E-state index < -0.39 is 18.5 Å². The lowest BCUT2D eigenvalue weighted by molar-refractivity contribution is -0.119. The molecule has 7 nitrogen and oxygen atoms in total. The van der Waals surface area contributed by atoms with Crippen molar-refractivity contribution < 1.29 is 18.7 Å². The summed E-state index contributed by atoms with van der Waals surface area (Å²) in [4.78, 5) is 34.3. The quantitative estimate of drug-likeness (QED) is 0.320. The predicted molar refractivity (Wildman–Crippen MR) is 131 cm³/mol. The summed E-state index contributed by atoms with van der Waals surface area (Å²) < 4.78 is 10.7. The van der Waals surface area contributed by atoms with Gasteiger partial charge >= 0.3 is 5.97 Å². The van der Waals surface area contributed by atoms with Crippen molar-refractivity contribution in [2.24, 2.45) is 0 Å². The van der Waals surface area contributed by atoms with E-state index in [4.69, 9.17) is 9.15 Å². The van der Waals surface area contributed by atoms with Crippen LogP contribution in [-0.4, -0.2) is 28.5 Å². The van der Waals surface area contributed by atoms with Gasteiger partial charge in [-0.1, -0.05) is 48.0 Å². The number of amides is 1. The molecule has 0 radical (unpaired) electrons. The lowest BCUT2D eigenvalue weighted by Crippen LogP contribution is -2.21. The Morgan fingerprint density at radius 3 is 2.62 bits per heavy atom. The minimum absolute atomic E-state index is 0.306. The fourth-order valence-electron chi connectivity index (χ4n) is 3.45. The van der Waals surface area contributed by atoms with Crippen molar-refractivity contribution in [1.82, 2.24) is 9.97 Å². The molecule has 2 aromatic carbocycles. The van der Waals surface area contributed by atoms with E-state index in [9.17, 15) is 9.59 Å². The molecule has 34 heavy (non-hydrogen) atoms. The van der Waals surface area contributed by atoms with Crippen LogP contribution in [0.2, 0.25) is 0 Å². The molecule has 0 bridgehead atoms. The van der Waals surface area contributed by atoms with Crippen molar-refractivity contribution in [3.05, 3.63) is 89.5 Å². The van der Waals surface area contributed by atoms with Crippen molar-refractivity contribution in [2.45, 2.75) is 6.92 Å². The number of ether oxygens (including phenoxy) is 1. The first kappa shape index (κ1) is 21.5. The van der Waals surface area contributed by atoms with E-state index in [1.807, 2.05) is 48.7 Å². The normalized spacial score (nSPS) is 10.9. The zero-order chi connectivity index (χ0) is 23.5. The number of anilines is 1. The lowest BCUT2D eigenvalue weighted by atomic mass is 10.1. The van der Waals surface area contributed by atoms with Gasteiger partial charge < -0.3 is 9.15 Å². The fraction of sp³-hybridized carbons (Fsp3) is 0.0769. The van der Waals surface area contributed by atoms with E-state index >= 15 is 0 Å². The number of esters is 1. The summed E-state index contributed by atoms with van der Waals surface area (Å²) in [6.07, 6.45) is 1.54. The number of nitrogens with one attached hydrogen (secondary N) is 1. The molecule has 5 aromatic rings. The van der Waals surface area contributed by atoms with Crippen molar-refractivity contribution in [3.63, 3.8) is 0 Å². The van der Waals surface area contributed by atoms with Crippen LogP contribution in [0.4, 0.5) is 5.13 Å². The van der Waals surface area contributed by atoms with Gasteiger partial charge in [-0.3, -0.25) is 10.1 Å². The Labute approximate surface area is 199 Å². The zero-order valence-electron chi connectivity index (χ0n) is 18.1. The Morgan fingerprint density at radius 1 is 1.00 bits per heavy atom. The highest BCUT2D eigenvalue weighted by Crippen LogP contribution is 2.27. The van der Waals surface area contributed by atoms with Gasteiger partial charge in [0.1, 0.15) is 5.69 Å². The molecule has 5 rings (SSSR count). The lowest BCUT2D eigenvalue weighted by Gasteiger charge is -2.09. The molecule has 0 aliphatic carbocycles. The fourth-order valence-corrected chi connectivity index (χ4v) is 4.18. The average molecular weight is 470 g/mol. The van der Waals surface area contributed by atoms with Gasteiger partial charge in [-0.15, -0.1) is 11.3 Å². The van der Waals surface area contributed by atoms with E-state index in [2.05, 4.69) is 15.3 Å². The molecule has 3 aromatic heterocycles. The Kier molecular flexibility index (Phi) is 5.88. The van der Waals surface area contributed by atoms with Crippen molar-refractivity contribution in [3.8, 4) is 22.7 Å². The monoisotopic (exact) mass is 469 g/mol. The summed E-state index contributed by atoms with van der Waals surface area (Å²) in [7, 11) is 0. The van der Waals surface area contributed by atoms with Crippen LogP contribution in [0.1, 0.15) is 15.9 Å². The second-order valence-corrected chi connectivity index (χ2v) is 8.44. The Morgan fingerprint density at radius 2 is 1.82 bits per heavy atom. The SMILES string of the molecule is Cc1ccc(-c2csc(NC(=O)COC(=O)c3cc(-c4ccco4)nc4ccccc34)n2)cc1. The number of rotatable bonds is 6. The standard InChI is InChI=1S/C26H19N3O4S/c1-16-8-10-17(11-9-16)22-15-34-26(28-22)29-24(30)14-33-25(31)19-13-21(23-7-4-12-32-23)27-20-6-3-2-5-18(19)20/h2-13,15H,14H2,1H3,(H,28,29,30). The molecule has 0 aliphatic rings. The third kappa shape index (κ3) is 4.57. The summed E-state index contributed by atoms with van der Waals surface area (Å²) in [5, 5.41) is 5.62. The summed E-state index contributed by atoms with van der Waals surface area (Å²) in [6, 6.07) is 20.3. The number of carbonyl (C=O) groups excluding carboxylic acids is 2. The molecule has 168 valence electrons. The molecule has 0 spiro atoms. The van der Waals surface area contributed by atoms with Crippen LogP contribution in [0.3, 0.4) is 0 Å². The Balaban J connectivity index is 1.28. The summed E-state index contributed by atoms with van der Waals surface area (Å²) in [6.45, 7) is 1.58. The van der Waals surface area contributed by atoms with E-state index in [0.717, 1.165) is 16.8 Å². The van der Waals surface area contributed by atoms with E-state index in [0.29, 0.717) is 33.1 Å². The van der Waals surface area contributed by atoms with Gasteiger partial charge in [0.15, 0.2) is 17.5 Å². The highest BCUT2D eigenvalue weighted by atomic mass is 32.1. The highest BCUT2D eigenvalue weighted by molar-refractivity contribution is 7.14. The maximum absolute atomic E-state index is 12.9. The van der Waals surface area contributed by atoms with Gasteiger partial charge in [0, 0.05) is 16.3 Å². The third-order valence-electron chi connectivity index (χ3n) is 5.14. The van der Waals surface area contributed by atoms with Crippen LogP contribution >= 0.6 is 11.3 Å². The van der Waals surface area contributed by atoms with Gasteiger partial charge in [0.05, 0.1) is 23.0 Å². The van der Waals surface area contributed by atoms with E-state index in [1.54, 1.807) is 30.3 Å². The number of nitrogens with zero attached hydrogens (tertiary/aromatic N) is 2. The van der Waals surface area contributed by atoms with Crippen LogP contribution in [-0.2, 0) is 9.53 Å². The van der Waals surface area contributed by atoms with Crippen molar-refractivity contribution in [1.29, 1.82) is 0 Å². The van der Waals surface area contributed by atoms with Gasteiger partial charge in [-0.25, -0.2) is 14.8 Å². The number of hydrogen-bond acceptors (Lipinski definition) is 7. The van der Waals surface area contributed by atoms with Gasteiger partial charge in [0.2, 0.25) is 0 Å². The molecular formula is C26H19N3O4S. The molecule has 3 heterocycles. The number of pyridine rings is 1. The average Bonchev–Trinajstić information content (AvgIpc) is 3.55. The number of thiazole rings is 1. The molecule has 0 atom stereocenters. The van der Waals surface area contributed by atoms with Crippen LogP contribution in [0, 0.1) is 6.92 Å². The largest absolute Gasteiger partial charge is 0.463 e. The number of furan rings is 1. The number of hydrogen-bond donors (Lipinski definition) is 1. The van der Waals surface area contributed by atoms with E-state index in [1.165, 1.54) is 17.6 Å². The molecule has 8 heteroatoms. The first-order chi connectivity index (χ1) is 16.6. The van der Waals surface area contributed by atoms with Gasteiger partial charge in [-0.2, -0.15) is 0 Å². The van der Waals surface area contributed by atoms with Gasteiger partial charge in [-0.05, 0) is 31.2 Å². The highest BCUT2D eigenvalue weighted by Gasteiger charge is 2.18. The number of fused-ring (bicyclic) bond motifs is 1. The van der Waals surface area contributed by atoms with Crippen LogP contribution in [0.25, 0.3) is 33.6 Å². The summed E-state index contributed by atoms with van der Waals surface area (Å²) in [5.41, 5.74) is 4.33. The first-order valence-corrected chi connectivity index (χ1v) is 11.4. The van der Waals surface area contributed by atoms with E-state index in [-0.39, 0.29) is 0 Å². The van der Waals surface area contributed by atoms with Crippen LogP contribution in [0.5, 0.6) is 0 Å². The topological polar surface area (TPSA) is 94.3 Å². The van der Waals surface area contributed by atoms with Crippen molar-refractivity contribution >= 4 is 39.2 Å². The Hall–Kier alpha value is -4.30. The molecule has 0 saturated heterocycles. The molecule has 0 aliphatic heterocycles. The predicted octanol–water partition coefficient (Wildman–Crippen LogP) is 5.72. The molecule has 0 saturated carbocycles. The summed E-state index contributed by atoms with van der Waals surface area (Å²) in [5.74, 6) is -0.561. The second-order valence-electron chi connectivity index (χ2n) is 7.58. The van der Waals surface area contributed by atoms with Crippen LogP contribution < -0.4 is 5.32 Å². The number of aryl methyl sites for hydroxylation is 1. The number of aromatic nitrogens is 2. The minimum Gasteiger partial charge on any atom is -0.463 e.